The Labute approximate surface area is 138 Å². The molecule has 1 saturated carbocycles. The average molecular weight is 366 g/mol. The molecule has 1 aromatic heterocycles. The summed E-state index contributed by atoms with van der Waals surface area (Å²) in [6, 6.07) is 8.97. The van der Waals surface area contributed by atoms with Gasteiger partial charge in [0, 0.05) is 16.3 Å². The fourth-order valence-corrected chi connectivity index (χ4v) is 4.63. The maximum absolute atomic E-state index is 4.40. The van der Waals surface area contributed by atoms with Crippen LogP contribution < -0.4 is 0 Å². The summed E-state index contributed by atoms with van der Waals surface area (Å²) >= 11 is 5.40. The summed E-state index contributed by atoms with van der Waals surface area (Å²) in [4.78, 5) is 0. The van der Waals surface area contributed by atoms with E-state index in [1.807, 2.05) is 6.07 Å². The predicted molar refractivity (Wildman–Crippen MR) is 90.6 cm³/mol. The zero-order chi connectivity index (χ0) is 14.7. The summed E-state index contributed by atoms with van der Waals surface area (Å²) < 4.78 is 3.53. The Morgan fingerprint density at radius 2 is 1.95 bits per heavy atom. The normalized spacial score (nSPS) is 16.3. The lowest BCUT2D eigenvalue weighted by molar-refractivity contribution is 0.332. The van der Waals surface area contributed by atoms with Gasteiger partial charge in [-0.15, -0.1) is 10.2 Å². The zero-order valence-electron chi connectivity index (χ0n) is 12.3. The first kappa shape index (κ1) is 15.1. The lowest BCUT2D eigenvalue weighted by atomic mass is 9.95. The number of benzene rings is 1. The summed E-state index contributed by atoms with van der Waals surface area (Å²) in [6.07, 6.45) is 6.56. The van der Waals surface area contributed by atoms with Crippen molar-refractivity contribution in [3.8, 4) is 0 Å². The Balaban J connectivity index is 1.75. The summed E-state index contributed by atoms with van der Waals surface area (Å²) in [5, 5.41) is 9.77. The molecule has 0 atom stereocenters. The molecule has 0 N–H and O–H groups in total. The van der Waals surface area contributed by atoms with Crippen LogP contribution >= 0.6 is 27.7 Å². The first-order valence-corrected chi connectivity index (χ1v) is 9.31. The number of hydrogen-bond acceptors (Lipinski definition) is 3. The summed E-state index contributed by atoms with van der Waals surface area (Å²) in [7, 11) is 0. The van der Waals surface area contributed by atoms with Gasteiger partial charge >= 0.3 is 0 Å². The molecule has 1 aliphatic rings. The van der Waals surface area contributed by atoms with Gasteiger partial charge in [0.25, 0.3) is 0 Å². The molecule has 1 aliphatic carbocycles. The maximum Gasteiger partial charge on any atom is 0.191 e. The van der Waals surface area contributed by atoms with Crippen molar-refractivity contribution in [2.45, 2.75) is 56.0 Å². The monoisotopic (exact) mass is 365 g/mol. The van der Waals surface area contributed by atoms with Gasteiger partial charge in [0.2, 0.25) is 0 Å². The SMILES string of the molecule is Cc1nnc(SCc2ccccc2Br)n1C1CCCCC1. The van der Waals surface area contributed by atoms with Crippen molar-refractivity contribution in [2.75, 3.05) is 0 Å². The van der Waals surface area contributed by atoms with Crippen LogP contribution in [0.25, 0.3) is 0 Å². The Bertz CT molecular complexity index is 605. The minimum absolute atomic E-state index is 0.593. The van der Waals surface area contributed by atoms with Gasteiger partial charge < -0.3 is 4.57 Å². The number of halogens is 1. The van der Waals surface area contributed by atoms with Gasteiger partial charge in [-0.3, -0.25) is 0 Å². The summed E-state index contributed by atoms with van der Waals surface area (Å²) in [5.41, 5.74) is 1.30. The topological polar surface area (TPSA) is 30.7 Å². The van der Waals surface area contributed by atoms with Crippen molar-refractivity contribution in [3.63, 3.8) is 0 Å². The highest BCUT2D eigenvalue weighted by Crippen LogP contribution is 2.34. The highest BCUT2D eigenvalue weighted by molar-refractivity contribution is 9.10. The second-order valence-corrected chi connectivity index (χ2v) is 7.37. The molecule has 1 aromatic carbocycles. The number of thioether (sulfide) groups is 1. The fourth-order valence-electron chi connectivity index (χ4n) is 2.97. The Hall–Kier alpha value is -0.810. The van der Waals surface area contributed by atoms with E-state index >= 15 is 0 Å². The molecule has 0 radical (unpaired) electrons. The second kappa shape index (κ2) is 6.97. The van der Waals surface area contributed by atoms with E-state index in [1.165, 1.54) is 37.7 Å². The van der Waals surface area contributed by atoms with E-state index in [2.05, 4.69) is 55.8 Å². The molecule has 3 rings (SSSR count). The zero-order valence-corrected chi connectivity index (χ0v) is 14.7. The van der Waals surface area contributed by atoms with Crippen LogP contribution in [0.4, 0.5) is 0 Å². The van der Waals surface area contributed by atoms with E-state index in [0.29, 0.717) is 6.04 Å². The van der Waals surface area contributed by atoms with Gasteiger partial charge in [0.05, 0.1) is 0 Å². The third-order valence-electron chi connectivity index (χ3n) is 4.09. The molecule has 0 saturated heterocycles. The summed E-state index contributed by atoms with van der Waals surface area (Å²) in [5.74, 6) is 1.98. The quantitative estimate of drug-likeness (QED) is 0.702. The first-order valence-electron chi connectivity index (χ1n) is 7.53. The molecule has 0 spiro atoms. The number of rotatable bonds is 4. The molecule has 1 fully saturated rings. The van der Waals surface area contributed by atoms with E-state index in [4.69, 9.17) is 0 Å². The molecule has 21 heavy (non-hydrogen) atoms. The Morgan fingerprint density at radius 3 is 2.71 bits per heavy atom. The number of aryl methyl sites for hydroxylation is 1. The molecule has 3 nitrogen and oxygen atoms in total. The standard InChI is InChI=1S/C16H20BrN3S/c1-12-18-19-16(20(12)14-8-3-2-4-9-14)21-11-13-7-5-6-10-15(13)17/h5-7,10,14H,2-4,8-9,11H2,1H3. The van der Waals surface area contributed by atoms with Crippen molar-refractivity contribution < 1.29 is 0 Å². The van der Waals surface area contributed by atoms with Crippen LogP contribution in [0.15, 0.2) is 33.9 Å². The van der Waals surface area contributed by atoms with E-state index in [0.717, 1.165) is 21.2 Å². The van der Waals surface area contributed by atoms with E-state index in [-0.39, 0.29) is 0 Å². The molecule has 0 amide bonds. The van der Waals surface area contributed by atoms with Gasteiger partial charge in [-0.2, -0.15) is 0 Å². The number of nitrogens with zero attached hydrogens (tertiary/aromatic N) is 3. The van der Waals surface area contributed by atoms with Crippen LogP contribution in [0.2, 0.25) is 0 Å². The average Bonchev–Trinajstić information content (AvgIpc) is 2.88. The minimum atomic E-state index is 0.593. The molecule has 1 heterocycles. The lowest BCUT2D eigenvalue weighted by Gasteiger charge is -2.25. The van der Waals surface area contributed by atoms with Gasteiger partial charge in [0.15, 0.2) is 5.16 Å². The molecule has 2 aromatic rings. The maximum atomic E-state index is 4.40. The smallest absolute Gasteiger partial charge is 0.191 e. The van der Waals surface area contributed by atoms with Gasteiger partial charge in [-0.05, 0) is 31.4 Å². The lowest BCUT2D eigenvalue weighted by Crippen LogP contribution is -2.15. The second-order valence-electron chi connectivity index (χ2n) is 5.57. The molecular formula is C16H20BrN3S. The van der Waals surface area contributed by atoms with Crippen molar-refractivity contribution in [3.05, 3.63) is 40.1 Å². The van der Waals surface area contributed by atoms with Crippen LogP contribution in [0.5, 0.6) is 0 Å². The van der Waals surface area contributed by atoms with Crippen molar-refractivity contribution in [1.82, 2.24) is 14.8 Å². The van der Waals surface area contributed by atoms with E-state index < -0.39 is 0 Å². The molecule has 0 aliphatic heterocycles. The molecule has 0 unspecified atom stereocenters. The van der Waals surface area contributed by atoms with Crippen LogP contribution in [-0.4, -0.2) is 14.8 Å². The predicted octanol–water partition coefficient (Wildman–Crippen LogP) is 5.15. The van der Waals surface area contributed by atoms with Crippen LogP contribution in [0.3, 0.4) is 0 Å². The van der Waals surface area contributed by atoms with Crippen molar-refractivity contribution in [2.24, 2.45) is 0 Å². The highest BCUT2D eigenvalue weighted by atomic mass is 79.9. The van der Waals surface area contributed by atoms with Crippen LogP contribution in [0, 0.1) is 6.92 Å². The molecule has 112 valence electrons. The van der Waals surface area contributed by atoms with Crippen LogP contribution in [0.1, 0.15) is 49.5 Å². The fraction of sp³-hybridized carbons (Fsp3) is 0.500. The molecule has 0 bridgehead atoms. The van der Waals surface area contributed by atoms with Crippen molar-refractivity contribution >= 4 is 27.7 Å². The van der Waals surface area contributed by atoms with E-state index in [9.17, 15) is 0 Å². The van der Waals surface area contributed by atoms with Crippen molar-refractivity contribution in [1.29, 1.82) is 0 Å². The van der Waals surface area contributed by atoms with Gasteiger partial charge in [0.1, 0.15) is 5.82 Å². The largest absolute Gasteiger partial charge is 0.303 e. The van der Waals surface area contributed by atoms with Gasteiger partial charge in [-0.25, -0.2) is 0 Å². The Kier molecular flexibility index (Phi) is 5.01. The number of hydrogen-bond donors (Lipinski definition) is 0. The first-order chi connectivity index (χ1) is 10.3. The third kappa shape index (κ3) is 3.51. The van der Waals surface area contributed by atoms with E-state index in [1.54, 1.807) is 11.8 Å². The third-order valence-corrected chi connectivity index (χ3v) is 5.85. The summed E-state index contributed by atoms with van der Waals surface area (Å²) in [6.45, 7) is 2.07. The highest BCUT2D eigenvalue weighted by Gasteiger charge is 2.21. The Morgan fingerprint density at radius 1 is 1.19 bits per heavy atom. The number of aromatic nitrogens is 3. The minimum Gasteiger partial charge on any atom is -0.303 e. The van der Waals surface area contributed by atoms with Gasteiger partial charge in [-0.1, -0.05) is 65.2 Å². The molecule has 5 heteroatoms. The van der Waals surface area contributed by atoms with Crippen LogP contribution in [-0.2, 0) is 5.75 Å². The molecular weight excluding hydrogens is 346 g/mol.